The second-order valence-corrected chi connectivity index (χ2v) is 5.37. The second kappa shape index (κ2) is 8.31. The van der Waals surface area contributed by atoms with Crippen LogP contribution in [0, 0.1) is 11.7 Å². The van der Waals surface area contributed by atoms with Crippen molar-refractivity contribution in [1.82, 2.24) is 10.2 Å². The first-order valence-corrected chi connectivity index (χ1v) is 7.74. The number of hydrogen-bond donors (Lipinski definition) is 1. The quantitative estimate of drug-likeness (QED) is 0.868. The highest BCUT2D eigenvalue weighted by atomic mass is 19.1. The van der Waals surface area contributed by atoms with Crippen molar-refractivity contribution in [3.63, 3.8) is 0 Å². The van der Waals surface area contributed by atoms with Crippen LogP contribution in [0.15, 0.2) is 30.5 Å². The van der Waals surface area contributed by atoms with E-state index in [2.05, 4.69) is 5.32 Å². The van der Waals surface area contributed by atoms with Gasteiger partial charge in [-0.25, -0.2) is 9.18 Å². The van der Waals surface area contributed by atoms with Crippen molar-refractivity contribution in [3.05, 3.63) is 41.8 Å². The van der Waals surface area contributed by atoms with Crippen molar-refractivity contribution in [2.45, 2.75) is 19.8 Å². The van der Waals surface area contributed by atoms with Crippen LogP contribution >= 0.6 is 0 Å². The number of nitrogens with one attached hydrogen (secondary N) is 1. The van der Waals surface area contributed by atoms with Gasteiger partial charge in [0.25, 0.3) is 0 Å². The van der Waals surface area contributed by atoms with E-state index in [4.69, 9.17) is 4.74 Å². The first-order valence-electron chi connectivity index (χ1n) is 7.74. The average molecular weight is 320 g/mol. The molecule has 0 aliphatic carbocycles. The van der Waals surface area contributed by atoms with Gasteiger partial charge in [-0.2, -0.15) is 0 Å². The first kappa shape index (κ1) is 17.0. The molecule has 2 amide bonds. The lowest BCUT2D eigenvalue weighted by molar-refractivity contribution is -0.149. The molecule has 0 saturated carbocycles. The molecule has 0 bridgehead atoms. The molecule has 23 heavy (non-hydrogen) atoms. The number of hydrogen-bond acceptors (Lipinski definition) is 3. The lowest BCUT2D eigenvalue weighted by Gasteiger charge is -2.31. The van der Waals surface area contributed by atoms with Gasteiger partial charge in [0.15, 0.2) is 0 Å². The monoisotopic (exact) mass is 320 g/mol. The summed E-state index contributed by atoms with van der Waals surface area (Å²) in [7, 11) is 0. The Kier molecular flexibility index (Phi) is 6.14. The van der Waals surface area contributed by atoms with Gasteiger partial charge in [-0.3, -0.25) is 4.79 Å². The summed E-state index contributed by atoms with van der Waals surface area (Å²) in [6, 6.07) is 5.70. The molecule has 1 aliphatic rings. The summed E-state index contributed by atoms with van der Waals surface area (Å²) in [5.74, 6) is -0.799. The van der Waals surface area contributed by atoms with Crippen LogP contribution in [0.25, 0.3) is 6.08 Å². The van der Waals surface area contributed by atoms with Gasteiger partial charge in [-0.05, 0) is 43.5 Å². The van der Waals surface area contributed by atoms with Gasteiger partial charge in [0, 0.05) is 19.3 Å². The predicted molar refractivity (Wildman–Crippen MR) is 84.9 cm³/mol. The number of carbonyl (C=O) groups is 2. The fourth-order valence-corrected chi connectivity index (χ4v) is 2.49. The van der Waals surface area contributed by atoms with Crippen molar-refractivity contribution >= 4 is 18.1 Å². The van der Waals surface area contributed by atoms with Crippen molar-refractivity contribution in [1.29, 1.82) is 0 Å². The summed E-state index contributed by atoms with van der Waals surface area (Å²) >= 11 is 0. The maximum atomic E-state index is 12.8. The van der Waals surface area contributed by atoms with Gasteiger partial charge < -0.3 is 15.0 Å². The van der Waals surface area contributed by atoms with Gasteiger partial charge in [-0.1, -0.05) is 12.1 Å². The number of ether oxygens (including phenoxy) is 1. The number of esters is 1. The summed E-state index contributed by atoms with van der Waals surface area (Å²) in [6.07, 6.45) is 4.72. The molecule has 6 heteroatoms. The Labute approximate surface area is 135 Å². The molecule has 1 unspecified atom stereocenters. The molecule has 5 nitrogen and oxygen atoms in total. The number of likely N-dealkylation sites (tertiary alicyclic amines) is 1. The molecule has 1 atom stereocenters. The van der Waals surface area contributed by atoms with E-state index in [0.717, 1.165) is 18.4 Å². The molecule has 1 saturated heterocycles. The van der Waals surface area contributed by atoms with E-state index in [1.807, 2.05) is 0 Å². The minimum Gasteiger partial charge on any atom is -0.466 e. The molecule has 1 aromatic carbocycles. The molecule has 0 spiro atoms. The van der Waals surface area contributed by atoms with E-state index in [0.29, 0.717) is 19.7 Å². The van der Waals surface area contributed by atoms with Crippen LogP contribution in [0.2, 0.25) is 0 Å². The smallest absolute Gasteiger partial charge is 0.321 e. The fourth-order valence-electron chi connectivity index (χ4n) is 2.49. The van der Waals surface area contributed by atoms with Crippen LogP contribution in [-0.2, 0) is 9.53 Å². The molecule has 0 radical (unpaired) electrons. The normalized spacial score (nSPS) is 18.0. The van der Waals surface area contributed by atoms with E-state index in [1.54, 1.807) is 30.0 Å². The highest BCUT2D eigenvalue weighted by Crippen LogP contribution is 2.18. The third kappa shape index (κ3) is 5.09. The first-order chi connectivity index (χ1) is 11.1. The van der Waals surface area contributed by atoms with Crippen molar-refractivity contribution in [3.8, 4) is 0 Å². The minimum absolute atomic E-state index is 0.244. The van der Waals surface area contributed by atoms with Crippen molar-refractivity contribution < 1.29 is 18.7 Å². The number of urea groups is 1. The molecule has 1 aliphatic heterocycles. The third-order valence-corrected chi connectivity index (χ3v) is 3.68. The van der Waals surface area contributed by atoms with Crippen LogP contribution in [0.5, 0.6) is 0 Å². The number of halogens is 1. The molecule has 124 valence electrons. The zero-order valence-corrected chi connectivity index (χ0v) is 13.1. The Hall–Kier alpha value is -2.37. The summed E-state index contributed by atoms with van der Waals surface area (Å²) in [5.41, 5.74) is 0.787. The topological polar surface area (TPSA) is 58.6 Å². The van der Waals surface area contributed by atoms with Crippen LogP contribution < -0.4 is 5.32 Å². The molecular weight excluding hydrogens is 299 g/mol. The van der Waals surface area contributed by atoms with Crippen LogP contribution in [0.1, 0.15) is 25.3 Å². The maximum Gasteiger partial charge on any atom is 0.321 e. The largest absolute Gasteiger partial charge is 0.466 e. The second-order valence-electron chi connectivity index (χ2n) is 5.37. The number of carbonyl (C=O) groups excluding carboxylic acids is 2. The van der Waals surface area contributed by atoms with Gasteiger partial charge in [-0.15, -0.1) is 0 Å². The summed E-state index contributed by atoms with van der Waals surface area (Å²) in [4.78, 5) is 25.5. The lowest BCUT2D eigenvalue weighted by atomic mass is 9.98. The van der Waals surface area contributed by atoms with Gasteiger partial charge in [0.05, 0.1) is 12.5 Å². The van der Waals surface area contributed by atoms with E-state index < -0.39 is 0 Å². The predicted octanol–water partition coefficient (Wildman–Crippen LogP) is 2.78. The van der Waals surface area contributed by atoms with Gasteiger partial charge in [0.2, 0.25) is 0 Å². The summed E-state index contributed by atoms with van der Waals surface area (Å²) in [5, 5.41) is 2.67. The van der Waals surface area contributed by atoms with Crippen molar-refractivity contribution in [2.75, 3.05) is 19.7 Å². The maximum absolute atomic E-state index is 12.8. The van der Waals surface area contributed by atoms with E-state index in [1.165, 1.54) is 18.3 Å². The molecule has 1 aromatic rings. The Bertz CT molecular complexity index is 572. The summed E-state index contributed by atoms with van der Waals surface area (Å²) < 4.78 is 17.8. The highest BCUT2D eigenvalue weighted by Gasteiger charge is 2.28. The Morgan fingerprint density at radius 1 is 1.39 bits per heavy atom. The lowest BCUT2D eigenvalue weighted by Crippen LogP contribution is -2.46. The zero-order chi connectivity index (χ0) is 16.7. The molecule has 1 heterocycles. The SMILES string of the molecule is CCOC(=O)C1CCCN(C(=O)N/C=C/c2ccc(F)cc2)C1. The van der Waals surface area contributed by atoms with E-state index in [9.17, 15) is 14.0 Å². The standard InChI is InChI=1S/C17H21FN2O3/c1-2-23-16(21)14-4-3-11-20(12-14)17(22)19-10-9-13-5-7-15(18)8-6-13/h5-10,14H,2-4,11-12H2,1H3,(H,19,22)/b10-9+. The van der Waals surface area contributed by atoms with Crippen molar-refractivity contribution in [2.24, 2.45) is 5.92 Å². The number of rotatable bonds is 4. The van der Waals surface area contributed by atoms with E-state index >= 15 is 0 Å². The Morgan fingerprint density at radius 2 is 2.13 bits per heavy atom. The number of amides is 2. The van der Waals surface area contributed by atoms with Crippen LogP contribution in [-0.4, -0.2) is 36.6 Å². The third-order valence-electron chi connectivity index (χ3n) is 3.68. The summed E-state index contributed by atoms with van der Waals surface area (Å²) in [6.45, 7) is 3.11. The van der Waals surface area contributed by atoms with Gasteiger partial charge >= 0.3 is 12.0 Å². The van der Waals surface area contributed by atoms with Crippen LogP contribution in [0.4, 0.5) is 9.18 Å². The molecule has 1 fully saturated rings. The van der Waals surface area contributed by atoms with E-state index in [-0.39, 0.29) is 23.7 Å². The zero-order valence-electron chi connectivity index (χ0n) is 13.1. The Balaban J connectivity index is 1.85. The number of nitrogens with zero attached hydrogens (tertiary/aromatic N) is 1. The highest BCUT2D eigenvalue weighted by molar-refractivity contribution is 5.78. The molecule has 1 N–H and O–H groups in total. The average Bonchev–Trinajstić information content (AvgIpc) is 2.57. The molecule has 2 rings (SSSR count). The number of piperidine rings is 1. The minimum atomic E-state index is -0.301. The fraction of sp³-hybridized carbons (Fsp3) is 0.412. The molecule has 0 aromatic heterocycles. The Morgan fingerprint density at radius 3 is 2.83 bits per heavy atom. The number of benzene rings is 1. The van der Waals surface area contributed by atoms with Gasteiger partial charge in [0.1, 0.15) is 5.82 Å². The molecular formula is C17H21FN2O3. The van der Waals surface area contributed by atoms with Crippen LogP contribution in [0.3, 0.4) is 0 Å².